The number of carbonyl (C=O) groups is 2. The molecule has 0 aromatic carbocycles. The third kappa shape index (κ3) is 3.42. The molecule has 27 heavy (non-hydrogen) atoms. The van der Waals surface area contributed by atoms with Crippen LogP contribution in [0.4, 0.5) is 0 Å². The van der Waals surface area contributed by atoms with E-state index in [-0.39, 0.29) is 11.6 Å². The number of amides is 1. The van der Waals surface area contributed by atoms with Gasteiger partial charge in [0.1, 0.15) is 0 Å². The minimum Gasteiger partial charge on any atom is -0.476 e. The number of aromatic nitrogens is 4. The SMILES string of the molecule is Cc1nn(C)c2nc(C3CC3)cc(C(=O)NCCc3nc(C(=O)O)cs3)c12. The van der Waals surface area contributed by atoms with Crippen molar-refractivity contribution in [3.8, 4) is 0 Å². The number of thiazole rings is 1. The largest absolute Gasteiger partial charge is 0.476 e. The van der Waals surface area contributed by atoms with Crippen molar-refractivity contribution in [2.75, 3.05) is 6.54 Å². The molecule has 0 spiro atoms. The normalized spacial score (nSPS) is 13.9. The molecular formula is C18H19N5O3S. The first kappa shape index (κ1) is 17.6. The number of carboxylic acids is 1. The molecule has 4 rings (SSSR count). The van der Waals surface area contributed by atoms with Gasteiger partial charge in [-0.05, 0) is 25.8 Å². The van der Waals surface area contributed by atoms with Crippen LogP contribution in [-0.2, 0) is 13.5 Å². The fourth-order valence-electron chi connectivity index (χ4n) is 3.13. The Morgan fingerprint density at radius 1 is 1.37 bits per heavy atom. The standard InChI is InChI=1S/C18H19N5O3S/c1-9-15-11(7-12(10-3-4-10)21-16(15)23(2)22-9)17(24)19-6-5-14-20-13(8-27-14)18(25)26/h7-8,10H,3-6H2,1-2H3,(H,19,24)(H,25,26). The van der Waals surface area contributed by atoms with Crippen molar-refractivity contribution in [1.82, 2.24) is 25.1 Å². The summed E-state index contributed by atoms with van der Waals surface area (Å²) in [5.74, 6) is -0.781. The second-order valence-electron chi connectivity index (χ2n) is 6.71. The van der Waals surface area contributed by atoms with Gasteiger partial charge in [0.25, 0.3) is 5.91 Å². The van der Waals surface area contributed by atoms with E-state index in [1.54, 1.807) is 4.68 Å². The molecule has 140 valence electrons. The molecule has 0 atom stereocenters. The molecule has 0 saturated heterocycles. The van der Waals surface area contributed by atoms with Crippen molar-refractivity contribution in [2.24, 2.45) is 7.05 Å². The molecule has 1 aliphatic rings. The number of carbonyl (C=O) groups excluding carboxylic acids is 1. The van der Waals surface area contributed by atoms with Crippen LogP contribution in [0.3, 0.4) is 0 Å². The van der Waals surface area contributed by atoms with Crippen LogP contribution in [0.15, 0.2) is 11.4 Å². The topological polar surface area (TPSA) is 110 Å². The quantitative estimate of drug-likeness (QED) is 0.674. The second-order valence-corrected chi connectivity index (χ2v) is 7.66. The third-order valence-electron chi connectivity index (χ3n) is 4.62. The summed E-state index contributed by atoms with van der Waals surface area (Å²) in [6.07, 6.45) is 2.69. The molecule has 8 nitrogen and oxygen atoms in total. The Morgan fingerprint density at radius 3 is 2.81 bits per heavy atom. The summed E-state index contributed by atoms with van der Waals surface area (Å²) in [5, 5.41) is 19.2. The van der Waals surface area contributed by atoms with Gasteiger partial charge in [-0.15, -0.1) is 11.3 Å². The maximum absolute atomic E-state index is 12.8. The second kappa shape index (κ2) is 6.73. The van der Waals surface area contributed by atoms with Gasteiger partial charge in [-0.25, -0.2) is 14.8 Å². The minimum absolute atomic E-state index is 0.0391. The highest BCUT2D eigenvalue weighted by Gasteiger charge is 2.28. The van der Waals surface area contributed by atoms with Crippen LogP contribution < -0.4 is 5.32 Å². The first-order chi connectivity index (χ1) is 12.9. The predicted molar refractivity (Wildman–Crippen MR) is 100 cm³/mol. The van der Waals surface area contributed by atoms with Crippen molar-refractivity contribution in [2.45, 2.75) is 32.1 Å². The molecule has 9 heteroatoms. The van der Waals surface area contributed by atoms with Crippen LogP contribution in [0.25, 0.3) is 11.0 Å². The van der Waals surface area contributed by atoms with Crippen LogP contribution in [0, 0.1) is 6.92 Å². The van der Waals surface area contributed by atoms with Gasteiger partial charge < -0.3 is 10.4 Å². The summed E-state index contributed by atoms with van der Waals surface area (Å²) in [4.78, 5) is 32.5. The van der Waals surface area contributed by atoms with Crippen LogP contribution in [-0.4, -0.2) is 43.3 Å². The highest BCUT2D eigenvalue weighted by atomic mass is 32.1. The first-order valence-electron chi connectivity index (χ1n) is 8.74. The van der Waals surface area contributed by atoms with E-state index in [0.717, 1.165) is 35.3 Å². The molecular weight excluding hydrogens is 366 g/mol. The Kier molecular flexibility index (Phi) is 4.39. The summed E-state index contributed by atoms with van der Waals surface area (Å²) < 4.78 is 1.72. The van der Waals surface area contributed by atoms with Gasteiger partial charge in [0.2, 0.25) is 0 Å². The van der Waals surface area contributed by atoms with E-state index < -0.39 is 5.97 Å². The fourth-order valence-corrected chi connectivity index (χ4v) is 3.91. The summed E-state index contributed by atoms with van der Waals surface area (Å²) in [7, 11) is 1.84. The average Bonchev–Trinajstić information content (AvgIpc) is 3.31. The number of hydrogen-bond acceptors (Lipinski definition) is 6. The number of nitrogens with one attached hydrogen (secondary N) is 1. The molecule has 3 heterocycles. The van der Waals surface area contributed by atoms with Crippen molar-refractivity contribution in [1.29, 1.82) is 0 Å². The minimum atomic E-state index is -1.04. The monoisotopic (exact) mass is 385 g/mol. The number of rotatable bonds is 6. The van der Waals surface area contributed by atoms with Gasteiger partial charge in [-0.2, -0.15) is 5.10 Å². The van der Waals surface area contributed by atoms with Gasteiger partial charge >= 0.3 is 5.97 Å². The Bertz CT molecular complexity index is 1050. The highest BCUT2D eigenvalue weighted by molar-refractivity contribution is 7.09. The molecule has 3 aromatic heterocycles. The number of fused-ring (bicyclic) bond motifs is 1. The fraction of sp³-hybridized carbons (Fsp3) is 0.389. The lowest BCUT2D eigenvalue weighted by Gasteiger charge is -2.08. The number of pyridine rings is 1. The molecule has 3 aromatic rings. The van der Waals surface area contributed by atoms with E-state index in [4.69, 9.17) is 10.1 Å². The first-order valence-corrected chi connectivity index (χ1v) is 9.62. The number of aryl methyl sites for hydroxylation is 2. The van der Waals surface area contributed by atoms with E-state index in [1.807, 2.05) is 20.0 Å². The number of aromatic carboxylic acids is 1. The van der Waals surface area contributed by atoms with Crippen molar-refractivity contribution in [3.05, 3.63) is 39.1 Å². The van der Waals surface area contributed by atoms with Crippen LogP contribution in [0.5, 0.6) is 0 Å². The van der Waals surface area contributed by atoms with Gasteiger partial charge in [0.05, 0.1) is 21.7 Å². The summed E-state index contributed by atoms with van der Waals surface area (Å²) in [6.45, 7) is 2.26. The van der Waals surface area contributed by atoms with Crippen molar-refractivity contribution in [3.63, 3.8) is 0 Å². The Labute approximate surface area is 159 Å². The predicted octanol–water partition coefficient (Wildman–Crippen LogP) is 2.28. The molecule has 2 N–H and O–H groups in total. The summed E-state index contributed by atoms with van der Waals surface area (Å²) in [5.41, 5.74) is 3.09. The van der Waals surface area contributed by atoms with E-state index in [2.05, 4.69) is 15.4 Å². The van der Waals surface area contributed by atoms with Crippen LogP contribution >= 0.6 is 11.3 Å². The maximum atomic E-state index is 12.8. The molecule has 0 radical (unpaired) electrons. The van der Waals surface area contributed by atoms with Gasteiger partial charge in [-0.1, -0.05) is 0 Å². The zero-order chi connectivity index (χ0) is 19.1. The molecule has 0 bridgehead atoms. The van der Waals surface area contributed by atoms with E-state index in [1.165, 1.54) is 16.7 Å². The van der Waals surface area contributed by atoms with Gasteiger partial charge in [0.15, 0.2) is 11.3 Å². The highest BCUT2D eigenvalue weighted by Crippen LogP contribution is 2.40. The molecule has 0 aliphatic heterocycles. The molecule has 1 saturated carbocycles. The van der Waals surface area contributed by atoms with Crippen LogP contribution in [0.2, 0.25) is 0 Å². The third-order valence-corrected chi connectivity index (χ3v) is 5.53. The van der Waals surface area contributed by atoms with Crippen molar-refractivity contribution < 1.29 is 14.7 Å². The van der Waals surface area contributed by atoms with Gasteiger partial charge in [-0.3, -0.25) is 9.48 Å². The van der Waals surface area contributed by atoms with Crippen LogP contribution in [0.1, 0.15) is 56.0 Å². The number of nitrogens with zero attached hydrogens (tertiary/aromatic N) is 4. The number of hydrogen-bond donors (Lipinski definition) is 2. The van der Waals surface area contributed by atoms with Gasteiger partial charge in [0, 0.05) is 37.0 Å². The van der Waals surface area contributed by atoms with E-state index >= 15 is 0 Å². The molecule has 0 unspecified atom stereocenters. The zero-order valence-electron chi connectivity index (χ0n) is 15.0. The maximum Gasteiger partial charge on any atom is 0.355 e. The molecule has 1 amide bonds. The van der Waals surface area contributed by atoms with E-state index in [0.29, 0.717) is 29.5 Å². The lowest BCUT2D eigenvalue weighted by Crippen LogP contribution is -2.26. The Hall–Kier alpha value is -2.81. The smallest absolute Gasteiger partial charge is 0.355 e. The lowest BCUT2D eigenvalue weighted by molar-refractivity contribution is 0.0690. The number of carboxylic acid groups (broad SMARTS) is 1. The lowest BCUT2D eigenvalue weighted by atomic mass is 10.1. The van der Waals surface area contributed by atoms with Crippen molar-refractivity contribution >= 4 is 34.2 Å². The summed E-state index contributed by atoms with van der Waals surface area (Å²) in [6, 6.07) is 1.88. The van der Waals surface area contributed by atoms with E-state index in [9.17, 15) is 9.59 Å². The summed E-state index contributed by atoms with van der Waals surface area (Å²) >= 11 is 1.28. The molecule has 1 fully saturated rings. The molecule has 1 aliphatic carbocycles. The zero-order valence-corrected chi connectivity index (χ0v) is 15.8. The Balaban J connectivity index is 1.54. The Morgan fingerprint density at radius 2 is 2.15 bits per heavy atom. The average molecular weight is 385 g/mol.